The summed E-state index contributed by atoms with van der Waals surface area (Å²) in [6, 6.07) is 83.0. The Labute approximate surface area is 481 Å². The summed E-state index contributed by atoms with van der Waals surface area (Å²) in [4.78, 5) is 11.6. The smallest absolute Gasteiger partial charge is 0.186 e. The second-order valence-electron chi connectivity index (χ2n) is 22.5. The Morgan fingerprint density at radius 2 is 0.476 bits per heavy atom. The molecule has 0 saturated heterocycles. The van der Waals surface area contributed by atoms with Gasteiger partial charge in [0.2, 0.25) is 0 Å². The van der Waals surface area contributed by atoms with Crippen LogP contribution in [0.4, 0.5) is 85.3 Å². The maximum absolute atomic E-state index is 18.4. The van der Waals surface area contributed by atoms with Crippen molar-refractivity contribution in [2.24, 2.45) is 0 Å². The van der Waals surface area contributed by atoms with Crippen LogP contribution in [-0.2, 0) is 4.57 Å². The highest BCUT2D eigenvalue weighted by molar-refractivity contribution is 7.87. The van der Waals surface area contributed by atoms with E-state index in [4.69, 9.17) is 4.74 Å². The minimum absolute atomic E-state index is 0.551. The molecule has 3 heterocycles. The van der Waals surface area contributed by atoms with Crippen molar-refractivity contribution < 1.29 is 9.30 Å². The molecule has 3 aliphatic rings. The topological polar surface area (TPSA) is 42.5 Å². The van der Waals surface area contributed by atoms with Crippen molar-refractivity contribution in [1.82, 2.24) is 0 Å². The number of hydrogen-bond donors (Lipinski definition) is 0. The zero-order valence-corrected chi connectivity index (χ0v) is 48.3. The Morgan fingerprint density at radius 1 is 0.268 bits per heavy atom. The molecule has 0 bridgehead atoms. The standard InChI is InChI=1S/C74H62N5O2P/c1-47-9-25-55(26-10-47)75(56-27-11-48(2)12-28-56)63-41-66-72-67(42-63)79(62-39-23-54(8)24-40-62)69-44-65(77(59-33-17-51(5)18-34-59)60-35-19-52(6)20-36-60)46-71-74(69)82(72,80)73-68(78(66)61-37-21-53(7)22-38-61)43-64(45-70(73)81-71)76(57-29-13-49(3)14-30-57)58-31-15-50(4)16-32-58/h9-46H,1-8H3. The highest BCUT2D eigenvalue weighted by Gasteiger charge is 2.55. The van der Waals surface area contributed by atoms with Gasteiger partial charge in [-0.25, -0.2) is 0 Å². The zero-order valence-electron chi connectivity index (χ0n) is 47.4. The first-order valence-electron chi connectivity index (χ1n) is 28.2. The summed E-state index contributed by atoms with van der Waals surface area (Å²) < 4.78 is 26.0. The van der Waals surface area contributed by atoms with Crippen LogP contribution in [0.5, 0.6) is 11.5 Å². The van der Waals surface area contributed by atoms with E-state index in [-0.39, 0.29) is 0 Å². The number of ether oxygens (including phenoxy) is 1. The molecule has 11 aromatic rings. The Hall–Kier alpha value is -9.55. The summed E-state index contributed by atoms with van der Waals surface area (Å²) >= 11 is 0. The fraction of sp³-hybridized carbons (Fsp3) is 0.108. The second kappa shape index (κ2) is 19.6. The SMILES string of the molecule is Cc1ccc(N(c2ccc(C)cc2)c2cc3c4c(c2)N(c2ccc(C)cc2)c2cc(N(c5ccc(C)cc5)c5ccc(C)cc5)cc5c2P4(=O)c2c(cc(N(c4ccc(C)cc4)c4ccc(C)cc4)cc2N5c2ccc(C)cc2)O3)cc1. The molecule has 0 aliphatic carbocycles. The highest BCUT2D eigenvalue weighted by atomic mass is 31.2. The summed E-state index contributed by atoms with van der Waals surface area (Å²) in [5, 5.41) is 2.12. The number of rotatable bonds is 11. The van der Waals surface area contributed by atoms with Crippen molar-refractivity contribution in [1.29, 1.82) is 0 Å². The van der Waals surface area contributed by atoms with E-state index < -0.39 is 7.14 Å². The molecule has 0 amide bonds. The summed E-state index contributed by atoms with van der Waals surface area (Å²) in [7, 11) is -3.90. The maximum Gasteiger partial charge on any atom is 0.186 e. The third-order valence-electron chi connectivity index (χ3n) is 16.4. The van der Waals surface area contributed by atoms with Gasteiger partial charge in [0.25, 0.3) is 0 Å². The molecule has 7 nitrogen and oxygen atoms in total. The van der Waals surface area contributed by atoms with Gasteiger partial charge in [0.05, 0.1) is 55.7 Å². The van der Waals surface area contributed by atoms with Crippen LogP contribution >= 0.6 is 7.14 Å². The predicted molar refractivity (Wildman–Crippen MR) is 344 cm³/mol. The minimum atomic E-state index is -3.90. The van der Waals surface area contributed by atoms with Gasteiger partial charge in [0.1, 0.15) is 11.5 Å². The predicted octanol–water partition coefficient (Wildman–Crippen LogP) is 19.9. The molecule has 11 aromatic carbocycles. The normalized spacial score (nSPS) is 13.1. The van der Waals surface area contributed by atoms with Crippen LogP contribution in [0, 0.1) is 55.4 Å². The van der Waals surface area contributed by atoms with Gasteiger partial charge in [-0.3, -0.25) is 0 Å². The van der Waals surface area contributed by atoms with Crippen LogP contribution in [-0.4, -0.2) is 0 Å². The molecule has 0 radical (unpaired) electrons. The number of hydrogen-bond acceptors (Lipinski definition) is 7. The Balaban J connectivity index is 1.14. The van der Waals surface area contributed by atoms with Crippen molar-refractivity contribution in [2.75, 3.05) is 24.5 Å². The van der Waals surface area contributed by atoms with Crippen LogP contribution in [0.25, 0.3) is 0 Å². The van der Waals surface area contributed by atoms with Crippen molar-refractivity contribution in [2.45, 2.75) is 55.4 Å². The Kier molecular flexibility index (Phi) is 12.1. The van der Waals surface area contributed by atoms with Gasteiger partial charge in [0.15, 0.2) is 7.14 Å². The fourth-order valence-electron chi connectivity index (χ4n) is 12.1. The zero-order chi connectivity index (χ0) is 56.1. The van der Waals surface area contributed by atoms with Crippen molar-refractivity contribution in [3.05, 3.63) is 275 Å². The van der Waals surface area contributed by atoms with Crippen molar-refractivity contribution >= 4 is 108 Å². The van der Waals surface area contributed by atoms with Crippen LogP contribution in [0.15, 0.2) is 231 Å². The summed E-state index contributed by atoms with van der Waals surface area (Å²) in [6.45, 7) is 17.0. The van der Waals surface area contributed by atoms with Gasteiger partial charge in [-0.15, -0.1) is 0 Å². The van der Waals surface area contributed by atoms with E-state index in [1.165, 1.54) is 33.4 Å². The first-order valence-corrected chi connectivity index (χ1v) is 29.9. The van der Waals surface area contributed by atoms with E-state index in [9.17, 15) is 0 Å². The monoisotopic (exact) mass is 1080 g/mol. The van der Waals surface area contributed by atoms with Gasteiger partial charge in [-0.2, -0.15) is 0 Å². The molecule has 3 aliphatic heterocycles. The largest absolute Gasteiger partial charge is 0.455 e. The molecule has 0 fully saturated rings. The highest BCUT2D eigenvalue weighted by Crippen LogP contribution is 2.68. The molecule has 0 aromatic heterocycles. The molecular weight excluding hydrogens is 1020 g/mol. The first-order chi connectivity index (χ1) is 39.8. The quantitative estimate of drug-likeness (QED) is 0.120. The van der Waals surface area contributed by atoms with Crippen LogP contribution in [0.1, 0.15) is 44.5 Å². The maximum atomic E-state index is 18.4. The van der Waals surface area contributed by atoms with Crippen molar-refractivity contribution in [3.63, 3.8) is 0 Å². The average Bonchev–Trinajstić information content (AvgIpc) is 0.949. The lowest BCUT2D eigenvalue weighted by Gasteiger charge is -2.48. The van der Waals surface area contributed by atoms with E-state index in [1.807, 2.05) is 0 Å². The third-order valence-corrected chi connectivity index (χ3v) is 19.6. The van der Waals surface area contributed by atoms with Gasteiger partial charge < -0.3 is 33.8 Å². The molecular formula is C74H62N5O2P. The summed E-state index contributed by atoms with van der Waals surface area (Å²) in [5.74, 6) is 1.10. The van der Waals surface area contributed by atoms with Crippen LogP contribution < -0.4 is 45.2 Å². The molecule has 0 saturated carbocycles. The molecule has 0 atom stereocenters. The lowest BCUT2D eigenvalue weighted by Crippen LogP contribution is -2.45. The lowest BCUT2D eigenvalue weighted by atomic mass is 10.0. The molecule has 82 heavy (non-hydrogen) atoms. The van der Waals surface area contributed by atoms with E-state index in [0.29, 0.717) is 22.1 Å². The number of benzene rings is 11. The van der Waals surface area contributed by atoms with Gasteiger partial charge in [-0.1, -0.05) is 142 Å². The molecule has 14 rings (SSSR count). The molecule has 0 spiro atoms. The van der Waals surface area contributed by atoms with Gasteiger partial charge in [0, 0.05) is 57.6 Å². The molecule has 0 unspecified atom stereocenters. The van der Waals surface area contributed by atoms with E-state index in [2.05, 4.69) is 310 Å². The lowest BCUT2D eigenvalue weighted by molar-refractivity contribution is 0.485. The second-order valence-corrected chi connectivity index (χ2v) is 25.1. The van der Waals surface area contributed by atoms with Crippen molar-refractivity contribution in [3.8, 4) is 11.5 Å². The fourth-order valence-corrected chi connectivity index (χ4v) is 15.6. The van der Waals surface area contributed by atoms with E-state index in [0.717, 1.165) is 102 Å². The summed E-state index contributed by atoms with van der Waals surface area (Å²) in [6.07, 6.45) is 0. The number of anilines is 15. The van der Waals surface area contributed by atoms with Crippen LogP contribution in [0.2, 0.25) is 0 Å². The van der Waals surface area contributed by atoms with Gasteiger partial charge >= 0.3 is 0 Å². The van der Waals surface area contributed by atoms with E-state index >= 15 is 4.57 Å². The third kappa shape index (κ3) is 8.46. The number of aryl methyl sites for hydroxylation is 8. The minimum Gasteiger partial charge on any atom is -0.455 e. The molecule has 400 valence electrons. The molecule has 0 N–H and O–H groups in total. The van der Waals surface area contributed by atoms with E-state index in [1.54, 1.807) is 0 Å². The Morgan fingerprint density at radius 3 is 0.720 bits per heavy atom. The van der Waals surface area contributed by atoms with Crippen LogP contribution in [0.3, 0.4) is 0 Å². The first kappa shape index (κ1) is 50.7. The molecule has 8 heteroatoms. The summed E-state index contributed by atoms with van der Waals surface area (Å²) in [5.41, 5.74) is 23.0. The number of nitrogens with zero attached hydrogens (tertiary/aromatic N) is 5. The Bertz CT molecular complexity index is 3970. The average molecular weight is 1080 g/mol. The van der Waals surface area contributed by atoms with Gasteiger partial charge in [-0.05, 0) is 177 Å².